The fraction of sp³-hybridized carbons (Fsp3) is 0.368. The smallest absolute Gasteiger partial charge is 0.314 e. The molecule has 6 nitrogen and oxygen atoms in total. The van der Waals surface area contributed by atoms with E-state index in [0.29, 0.717) is 13.2 Å². The van der Waals surface area contributed by atoms with Crippen LogP contribution in [0.3, 0.4) is 0 Å². The summed E-state index contributed by atoms with van der Waals surface area (Å²) >= 11 is 1.73. The van der Waals surface area contributed by atoms with Gasteiger partial charge in [0, 0.05) is 42.0 Å². The molecule has 0 aliphatic rings. The standard InChI is InChI=1S/C19H24N4O2S/c1-12-17(23-13(2)26-12)7-9-25-15-4-5-18-16(10-15)14(11-22-18)6-8-21-19(24)20-3/h4-5,10-11,22H,6-9H2,1-3H3,(H2,20,21,24). The van der Waals surface area contributed by atoms with Gasteiger partial charge >= 0.3 is 6.03 Å². The summed E-state index contributed by atoms with van der Waals surface area (Å²) in [7, 11) is 1.61. The topological polar surface area (TPSA) is 79.0 Å². The van der Waals surface area contributed by atoms with Gasteiger partial charge in [0.2, 0.25) is 0 Å². The van der Waals surface area contributed by atoms with Crippen LogP contribution in [-0.4, -0.2) is 36.2 Å². The molecule has 3 aromatic rings. The van der Waals surface area contributed by atoms with E-state index in [0.717, 1.165) is 45.8 Å². The number of hydrogen-bond acceptors (Lipinski definition) is 4. The number of ether oxygens (including phenoxy) is 1. The van der Waals surface area contributed by atoms with Gasteiger partial charge in [0.05, 0.1) is 17.3 Å². The molecular formula is C19H24N4O2S. The summed E-state index contributed by atoms with van der Waals surface area (Å²) in [5, 5.41) is 7.58. The molecule has 3 N–H and O–H groups in total. The van der Waals surface area contributed by atoms with Gasteiger partial charge in [-0.05, 0) is 44.0 Å². The minimum Gasteiger partial charge on any atom is -0.493 e. The van der Waals surface area contributed by atoms with E-state index in [1.54, 1.807) is 18.4 Å². The molecule has 2 amide bonds. The Hall–Kier alpha value is -2.54. The van der Waals surface area contributed by atoms with Crippen LogP contribution >= 0.6 is 11.3 Å². The van der Waals surface area contributed by atoms with Crippen molar-refractivity contribution < 1.29 is 9.53 Å². The number of H-pyrrole nitrogens is 1. The quantitative estimate of drug-likeness (QED) is 0.595. The van der Waals surface area contributed by atoms with Crippen LogP contribution in [0.4, 0.5) is 4.79 Å². The first-order chi connectivity index (χ1) is 12.6. The molecule has 0 aliphatic heterocycles. The largest absolute Gasteiger partial charge is 0.493 e. The van der Waals surface area contributed by atoms with Crippen LogP contribution in [0.2, 0.25) is 0 Å². The third-order valence-corrected chi connectivity index (χ3v) is 5.18. The number of aromatic nitrogens is 2. The van der Waals surface area contributed by atoms with Gasteiger partial charge in [-0.1, -0.05) is 0 Å². The number of benzene rings is 1. The fourth-order valence-corrected chi connectivity index (χ4v) is 3.79. The highest BCUT2D eigenvalue weighted by atomic mass is 32.1. The molecule has 1 aromatic carbocycles. The third kappa shape index (κ3) is 4.35. The van der Waals surface area contributed by atoms with E-state index in [4.69, 9.17) is 4.74 Å². The number of nitrogens with one attached hydrogen (secondary N) is 3. The predicted octanol–water partition coefficient (Wildman–Crippen LogP) is 3.33. The van der Waals surface area contributed by atoms with Crippen molar-refractivity contribution in [2.45, 2.75) is 26.7 Å². The van der Waals surface area contributed by atoms with Gasteiger partial charge in [-0.2, -0.15) is 0 Å². The first-order valence-corrected chi connectivity index (χ1v) is 9.49. The number of hydrogen-bond donors (Lipinski definition) is 3. The molecular weight excluding hydrogens is 348 g/mol. The van der Waals surface area contributed by atoms with Gasteiger partial charge in [0.15, 0.2) is 0 Å². The maximum atomic E-state index is 11.3. The van der Waals surface area contributed by atoms with Crippen molar-refractivity contribution >= 4 is 28.3 Å². The van der Waals surface area contributed by atoms with E-state index < -0.39 is 0 Å². The molecule has 0 aliphatic carbocycles. The van der Waals surface area contributed by atoms with E-state index in [1.165, 1.54) is 4.88 Å². The zero-order valence-electron chi connectivity index (χ0n) is 15.3. The van der Waals surface area contributed by atoms with Gasteiger partial charge in [-0.15, -0.1) is 11.3 Å². The first-order valence-electron chi connectivity index (χ1n) is 8.68. The van der Waals surface area contributed by atoms with Crippen molar-refractivity contribution in [1.82, 2.24) is 20.6 Å². The molecule has 26 heavy (non-hydrogen) atoms. The Morgan fingerprint density at radius 1 is 1.31 bits per heavy atom. The van der Waals surface area contributed by atoms with E-state index in [1.807, 2.05) is 25.3 Å². The van der Waals surface area contributed by atoms with Crippen LogP contribution < -0.4 is 15.4 Å². The Kier molecular flexibility index (Phi) is 5.78. The van der Waals surface area contributed by atoms with Crippen molar-refractivity contribution in [2.24, 2.45) is 0 Å². The number of urea groups is 1. The second-order valence-electron chi connectivity index (χ2n) is 6.11. The molecule has 0 fully saturated rings. The van der Waals surface area contributed by atoms with Gasteiger partial charge in [0.25, 0.3) is 0 Å². The average Bonchev–Trinajstić information content (AvgIpc) is 3.17. The zero-order valence-corrected chi connectivity index (χ0v) is 16.1. The lowest BCUT2D eigenvalue weighted by molar-refractivity contribution is 0.243. The normalized spacial score (nSPS) is 10.9. The second-order valence-corrected chi connectivity index (χ2v) is 7.52. The lowest BCUT2D eigenvalue weighted by Crippen LogP contribution is -2.33. The van der Waals surface area contributed by atoms with E-state index >= 15 is 0 Å². The van der Waals surface area contributed by atoms with Crippen LogP contribution in [0.25, 0.3) is 10.9 Å². The van der Waals surface area contributed by atoms with Gasteiger partial charge in [-0.3, -0.25) is 0 Å². The maximum Gasteiger partial charge on any atom is 0.314 e. The van der Waals surface area contributed by atoms with Crippen LogP contribution in [0.5, 0.6) is 5.75 Å². The highest BCUT2D eigenvalue weighted by Crippen LogP contribution is 2.24. The summed E-state index contributed by atoms with van der Waals surface area (Å²) in [4.78, 5) is 20.3. The van der Waals surface area contributed by atoms with E-state index in [-0.39, 0.29) is 6.03 Å². The molecule has 0 saturated carbocycles. The van der Waals surface area contributed by atoms with Crippen molar-refractivity contribution in [3.8, 4) is 5.75 Å². The van der Waals surface area contributed by atoms with Crippen molar-refractivity contribution in [2.75, 3.05) is 20.2 Å². The molecule has 0 unspecified atom stereocenters. The van der Waals surface area contributed by atoms with Gasteiger partial charge in [-0.25, -0.2) is 9.78 Å². The van der Waals surface area contributed by atoms with Crippen molar-refractivity contribution in [3.63, 3.8) is 0 Å². The highest BCUT2D eigenvalue weighted by molar-refractivity contribution is 7.11. The number of carbonyl (C=O) groups excluding carboxylic acids is 1. The van der Waals surface area contributed by atoms with Crippen LogP contribution in [0.15, 0.2) is 24.4 Å². The number of amides is 2. The SMILES string of the molecule is CNC(=O)NCCc1c[nH]c2ccc(OCCc3nc(C)sc3C)cc12. The van der Waals surface area contributed by atoms with E-state index in [2.05, 4.69) is 33.6 Å². The summed E-state index contributed by atoms with van der Waals surface area (Å²) in [5.41, 5.74) is 3.35. The average molecular weight is 372 g/mol. The molecule has 0 bridgehead atoms. The minimum atomic E-state index is -0.165. The maximum absolute atomic E-state index is 11.3. The number of aromatic amines is 1. The molecule has 0 radical (unpaired) electrons. The summed E-state index contributed by atoms with van der Waals surface area (Å²) in [6, 6.07) is 5.89. The Morgan fingerprint density at radius 3 is 2.88 bits per heavy atom. The summed E-state index contributed by atoms with van der Waals surface area (Å²) < 4.78 is 5.94. The molecule has 3 rings (SSSR count). The number of nitrogens with zero attached hydrogens (tertiary/aromatic N) is 1. The van der Waals surface area contributed by atoms with Crippen molar-refractivity contribution in [1.29, 1.82) is 0 Å². The second kappa shape index (κ2) is 8.23. The summed E-state index contributed by atoms with van der Waals surface area (Å²) in [6.07, 6.45) is 3.56. The molecule has 138 valence electrons. The molecule has 7 heteroatoms. The molecule has 2 heterocycles. The fourth-order valence-electron chi connectivity index (χ4n) is 2.92. The highest BCUT2D eigenvalue weighted by Gasteiger charge is 2.08. The molecule has 0 saturated heterocycles. The number of fused-ring (bicyclic) bond motifs is 1. The lowest BCUT2D eigenvalue weighted by atomic mass is 10.1. The van der Waals surface area contributed by atoms with E-state index in [9.17, 15) is 4.79 Å². The summed E-state index contributed by atoms with van der Waals surface area (Å²) in [6.45, 7) is 5.32. The Labute approximate surface area is 157 Å². The Balaban J connectivity index is 1.61. The van der Waals surface area contributed by atoms with Crippen molar-refractivity contribution in [3.05, 3.63) is 45.5 Å². The predicted molar refractivity (Wildman–Crippen MR) is 105 cm³/mol. The first kappa shape index (κ1) is 18.3. The minimum absolute atomic E-state index is 0.165. The van der Waals surface area contributed by atoms with Crippen LogP contribution in [0, 0.1) is 13.8 Å². The third-order valence-electron chi connectivity index (χ3n) is 4.25. The Bertz CT molecular complexity index is 900. The van der Waals surface area contributed by atoms with Gasteiger partial charge < -0.3 is 20.4 Å². The van der Waals surface area contributed by atoms with Gasteiger partial charge in [0.1, 0.15) is 5.75 Å². The zero-order chi connectivity index (χ0) is 18.5. The number of carbonyl (C=O) groups is 1. The number of aryl methyl sites for hydroxylation is 2. The summed E-state index contributed by atoms with van der Waals surface area (Å²) in [5.74, 6) is 0.849. The molecule has 2 aromatic heterocycles. The number of thiazole rings is 1. The lowest BCUT2D eigenvalue weighted by Gasteiger charge is -2.07. The molecule has 0 spiro atoms. The van der Waals surface area contributed by atoms with Crippen LogP contribution in [0.1, 0.15) is 21.1 Å². The number of rotatable bonds is 7. The monoisotopic (exact) mass is 372 g/mol. The van der Waals surface area contributed by atoms with Crippen LogP contribution in [-0.2, 0) is 12.8 Å². The molecule has 0 atom stereocenters. The Morgan fingerprint density at radius 2 is 2.15 bits per heavy atom.